The molecule has 0 saturated heterocycles. The summed E-state index contributed by atoms with van der Waals surface area (Å²) >= 11 is 3.47. The largest absolute Gasteiger partial charge is 0.493 e. The Morgan fingerprint density at radius 1 is 1.15 bits per heavy atom. The highest BCUT2D eigenvalue weighted by Gasteiger charge is 2.24. The van der Waals surface area contributed by atoms with Crippen molar-refractivity contribution >= 4 is 33.4 Å². The summed E-state index contributed by atoms with van der Waals surface area (Å²) in [6.07, 6.45) is 0.704. The third-order valence-electron chi connectivity index (χ3n) is 4.38. The normalized spacial score (nSPS) is 16.1. The number of nitrogens with one attached hydrogen (secondary N) is 2. The summed E-state index contributed by atoms with van der Waals surface area (Å²) in [5.41, 5.74) is 1.57. The van der Waals surface area contributed by atoms with E-state index in [0.717, 1.165) is 15.8 Å². The van der Waals surface area contributed by atoms with E-state index in [2.05, 4.69) is 26.6 Å². The van der Waals surface area contributed by atoms with Gasteiger partial charge in [0.2, 0.25) is 5.91 Å². The van der Waals surface area contributed by atoms with E-state index < -0.39 is 5.41 Å². The molecule has 2 aromatic rings. The number of carbonyl (C=O) groups is 2. The SMILES string of the molecule is CC(C)(C)C(=O)Nc1cccc(C(=O)NC2CCOc3ccc(Br)cc32)c1. The Bertz CT molecular complexity index is 874. The van der Waals surface area contributed by atoms with Gasteiger partial charge in [0.25, 0.3) is 5.91 Å². The number of fused-ring (bicyclic) bond motifs is 1. The van der Waals surface area contributed by atoms with Gasteiger partial charge in [-0.15, -0.1) is 0 Å². The number of anilines is 1. The minimum atomic E-state index is -0.503. The average molecular weight is 431 g/mol. The van der Waals surface area contributed by atoms with Crippen molar-refractivity contribution in [3.8, 4) is 5.75 Å². The third-order valence-corrected chi connectivity index (χ3v) is 4.87. The van der Waals surface area contributed by atoms with E-state index in [9.17, 15) is 9.59 Å². The maximum atomic E-state index is 12.8. The first-order valence-electron chi connectivity index (χ1n) is 8.89. The number of hydrogen-bond donors (Lipinski definition) is 2. The minimum Gasteiger partial charge on any atom is -0.493 e. The van der Waals surface area contributed by atoms with Gasteiger partial charge < -0.3 is 15.4 Å². The van der Waals surface area contributed by atoms with Crippen LogP contribution in [0, 0.1) is 5.41 Å². The van der Waals surface area contributed by atoms with Gasteiger partial charge in [-0.25, -0.2) is 0 Å². The van der Waals surface area contributed by atoms with Crippen molar-refractivity contribution < 1.29 is 14.3 Å². The van der Waals surface area contributed by atoms with E-state index in [1.54, 1.807) is 24.3 Å². The molecule has 0 saturated carbocycles. The van der Waals surface area contributed by atoms with Crippen LogP contribution in [-0.2, 0) is 4.79 Å². The average Bonchev–Trinajstić information content (AvgIpc) is 2.61. The van der Waals surface area contributed by atoms with Crippen molar-refractivity contribution in [1.82, 2.24) is 5.32 Å². The Morgan fingerprint density at radius 3 is 2.67 bits per heavy atom. The number of amides is 2. The number of halogens is 1. The van der Waals surface area contributed by atoms with E-state index >= 15 is 0 Å². The molecule has 1 aliphatic rings. The monoisotopic (exact) mass is 430 g/mol. The van der Waals surface area contributed by atoms with Gasteiger partial charge in [-0.05, 0) is 36.4 Å². The van der Waals surface area contributed by atoms with Crippen molar-refractivity contribution in [2.45, 2.75) is 33.2 Å². The maximum absolute atomic E-state index is 12.8. The highest BCUT2D eigenvalue weighted by atomic mass is 79.9. The molecule has 142 valence electrons. The summed E-state index contributed by atoms with van der Waals surface area (Å²) in [6.45, 7) is 6.10. The molecule has 0 aliphatic carbocycles. The van der Waals surface area contributed by atoms with E-state index in [1.165, 1.54) is 0 Å². The first-order valence-corrected chi connectivity index (χ1v) is 9.68. The van der Waals surface area contributed by atoms with Crippen molar-refractivity contribution in [2.75, 3.05) is 11.9 Å². The number of carbonyl (C=O) groups excluding carboxylic acids is 2. The van der Waals surface area contributed by atoms with Gasteiger partial charge in [0.05, 0.1) is 12.6 Å². The Balaban J connectivity index is 1.75. The molecule has 0 spiro atoms. The van der Waals surface area contributed by atoms with Gasteiger partial charge in [-0.2, -0.15) is 0 Å². The molecule has 3 rings (SSSR count). The third kappa shape index (κ3) is 4.69. The number of ether oxygens (including phenoxy) is 1. The molecule has 0 aromatic heterocycles. The second kappa shape index (κ2) is 7.72. The van der Waals surface area contributed by atoms with Crippen molar-refractivity contribution in [1.29, 1.82) is 0 Å². The van der Waals surface area contributed by atoms with Crippen molar-refractivity contribution in [3.63, 3.8) is 0 Å². The molecule has 1 aliphatic heterocycles. The molecule has 2 aromatic carbocycles. The van der Waals surface area contributed by atoms with Crippen LogP contribution in [0.4, 0.5) is 5.69 Å². The zero-order valence-corrected chi connectivity index (χ0v) is 17.2. The standard InChI is InChI=1S/C21H23BrN2O3/c1-21(2,3)20(26)23-15-6-4-5-13(11-15)19(25)24-17-9-10-27-18-8-7-14(22)12-16(17)18/h4-8,11-12,17H,9-10H2,1-3H3,(H,23,26)(H,24,25). The highest BCUT2D eigenvalue weighted by molar-refractivity contribution is 9.10. The molecule has 2 N–H and O–H groups in total. The fraction of sp³-hybridized carbons (Fsp3) is 0.333. The Kier molecular flexibility index (Phi) is 5.56. The predicted molar refractivity (Wildman–Crippen MR) is 109 cm³/mol. The van der Waals surface area contributed by atoms with Crippen LogP contribution >= 0.6 is 15.9 Å². The van der Waals surface area contributed by atoms with E-state index in [1.807, 2.05) is 39.0 Å². The number of rotatable bonds is 3. The lowest BCUT2D eigenvalue weighted by Crippen LogP contribution is -2.32. The Hall–Kier alpha value is -2.34. The fourth-order valence-corrected chi connectivity index (χ4v) is 3.19. The van der Waals surface area contributed by atoms with Crippen molar-refractivity contribution in [2.24, 2.45) is 5.41 Å². The molecule has 1 atom stereocenters. The maximum Gasteiger partial charge on any atom is 0.251 e. The summed E-state index contributed by atoms with van der Waals surface area (Å²) in [7, 11) is 0. The topological polar surface area (TPSA) is 67.4 Å². The van der Waals surface area contributed by atoms with Crippen LogP contribution in [0.25, 0.3) is 0 Å². The van der Waals surface area contributed by atoms with Gasteiger partial charge >= 0.3 is 0 Å². The van der Waals surface area contributed by atoms with Crippen LogP contribution in [-0.4, -0.2) is 18.4 Å². The van der Waals surface area contributed by atoms with Crippen LogP contribution in [0.1, 0.15) is 49.2 Å². The first kappa shape index (κ1) is 19.4. The molecule has 0 radical (unpaired) electrons. The van der Waals surface area contributed by atoms with Crippen LogP contribution in [0.15, 0.2) is 46.9 Å². The first-order chi connectivity index (χ1) is 12.7. The zero-order valence-electron chi connectivity index (χ0n) is 15.6. The molecule has 1 heterocycles. The molecule has 0 fully saturated rings. The van der Waals surface area contributed by atoms with Crippen LogP contribution in [0.2, 0.25) is 0 Å². The molecule has 2 amide bonds. The van der Waals surface area contributed by atoms with Gasteiger partial charge in [0.15, 0.2) is 0 Å². The predicted octanol–water partition coefficient (Wildman–Crippen LogP) is 4.69. The quantitative estimate of drug-likeness (QED) is 0.741. The number of benzene rings is 2. The van der Waals surface area contributed by atoms with E-state index in [-0.39, 0.29) is 17.9 Å². The molecule has 5 nitrogen and oxygen atoms in total. The number of hydrogen-bond acceptors (Lipinski definition) is 3. The van der Waals surface area contributed by atoms with E-state index in [0.29, 0.717) is 24.3 Å². The lowest BCUT2D eigenvalue weighted by molar-refractivity contribution is -0.123. The lowest BCUT2D eigenvalue weighted by Gasteiger charge is -2.27. The summed E-state index contributed by atoms with van der Waals surface area (Å²) in [5.74, 6) is 0.517. The van der Waals surface area contributed by atoms with Gasteiger partial charge in [-0.3, -0.25) is 9.59 Å². The smallest absolute Gasteiger partial charge is 0.251 e. The summed E-state index contributed by atoms with van der Waals surface area (Å²) in [5, 5.41) is 5.94. The molecular weight excluding hydrogens is 408 g/mol. The highest BCUT2D eigenvalue weighted by Crippen LogP contribution is 2.34. The van der Waals surface area contributed by atoms with Gasteiger partial charge in [0, 0.05) is 33.1 Å². The minimum absolute atomic E-state index is 0.0942. The van der Waals surface area contributed by atoms with Gasteiger partial charge in [0.1, 0.15) is 5.75 Å². The van der Waals surface area contributed by atoms with Gasteiger partial charge in [-0.1, -0.05) is 42.8 Å². The lowest BCUT2D eigenvalue weighted by atomic mass is 9.95. The zero-order chi connectivity index (χ0) is 19.6. The fourth-order valence-electron chi connectivity index (χ4n) is 2.81. The van der Waals surface area contributed by atoms with Crippen LogP contribution < -0.4 is 15.4 Å². The Morgan fingerprint density at radius 2 is 1.93 bits per heavy atom. The second-order valence-corrected chi connectivity index (χ2v) is 8.55. The second-order valence-electron chi connectivity index (χ2n) is 7.63. The van der Waals surface area contributed by atoms with Crippen LogP contribution in [0.5, 0.6) is 5.75 Å². The molecule has 6 heteroatoms. The molecule has 27 heavy (non-hydrogen) atoms. The summed E-state index contributed by atoms with van der Waals surface area (Å²) in [6, 6.07) is 12.7. The molecule has 0 bridgehead atoms. The van der Waals surface area contributed by atoms with Crippen molar-refractivity contribution in [3.05, 3.63) is 58.1 Å². The summed E-state index contributed by atoms with van der Waals surface area (Å²) in [4.78, 5) is 24.9. The Labute approximate surface area is 167 Å². The van der Waals surface area contributed by atoms with E-state index in [4.69, 9.17) is 4.74 Å². The van der Waals surface area contributed by atoms with Crippen LogP contribution in [0.3, 0.4) is 0 Å². The molecule has 1 unspecified atom stereocenters. The molecular formula is C21H23BrN2O3. The summed E-state index contributed by atoms with van der Waals surface area (Å²) < 4.78 is 6.61.